The topological polar surface area (TPSA) is 103 Å². The number of methoxy groups -OCH3 is 2. The van der Waals surface area contributed by atoms with Crippen molar-refractivity contribution in [2.75, 3.05) is 45.5 Å². The molecule has 1 aliphatic rings. The number of fused-ring (bicyclic) bond motifs is 3. The first-order valence-electron chi connectivity index (χ1n) is 10.6. The maximum Gasteiger partial charge on any atom is 0.341 e. The summed E-state index contributed by atoms with van der Waals surface area (Å²) in [4.78, 5) is 30.9. The molecule has 3 aromatic rings. The minimum absolute atomic E-state index is 0.315. The number of carboxylic acid groups (broad SMARTS) is 1. The van der Waals surface area contributed by atoms with Gasteiger partial charge < -0.3 is 28.8 Å². The monoisotopic (exact) mass is 505 g/mol. The van der Waals surface area contributed by atoms with E-state index in [9.17, 15) is 14.7 Å². The summed E-state index contributed by atoms with van der Waals surface area (Å²) in [5.74, 6) is -0.778. The first kappa shape index (κ1) is 24.2. The van der Waals surface area contributed by atoms with E-state index in [1.54, 1.807) is 31.0 Å². The van der Waals surface area contributed by atoms with Crippen molar-refractivity contribution in [3.05, 3.63) is 61.8 Å². The van der Waals surface area contributed by atoms with E-state index in [-0.39, 0.29) is 5.56 Å². The van der Waals surface area contributed by atoms with E-state index in [1.807, 2.05) is 11.4 Å². The van der Waals surface area contributed by atoms with Crippen LogP contribution in [0.5, 0.6) is 5.75 Å². The average Bonchev–Trinajstić information content (AvgIpc) is 3.34. The Morgan fingerprint density at radius 1 is 1.21 bits per heavy atom. The normalized spacial score (nSPS) is 14.6. The Kier molecular flexibility index (Phi) is 7.52. The number of nitrogens with zero attached hydrogens (tertiary/aromatic N) is 3. The van der Waals surface area contributed by atoms with Gasteiger partial charge in [-0.2, -0.15) is 0 Å². The van der Waals surface area contributed by atoms with Gasteiger partial charge in [-0.1, -0.05) is 11.6 Å². The predicted octanol–water partition coefficient (Wildman–Crippen LogP) is 3.75. The number of halogens is 1. The summed E-state index contributed by atoms with van der Waals surface area (Å²) in [6.45, 7) is 1.89. The van der Waals surface area contributed by atoms with Crippen molar-refractivity contribution >= 4 is 34.6 Å². The van der Waals surface area contributed by atoms with E-state index in [1.165, 1.54) is 23.6 Å². The number of hydrogen-bond acceptors (Lipinski definition) is 8. The molecule has 1 aromatic carbocycles. The zero-order valence-corrected chi connectivity index (χ0v) is 20.3. The van der Waals surface area contributed by atoms with E-state index in [0.29, 0.717) is 54.8 Å². The smallest absolute Gasteiger partial charge is 0.341 e. The Morgan fingerprint density at radius 3 is 2.68 bits per heavy atom. The van der Waals surface area contributed by atoms with Gasteiger partial charge in [-0.25, -0.2) is 9.78 Å². The van der Waals surface area contributed by atoms with Gasteiger partial charge >= 0.3 is 5.97 Å². The molecule has 0 aliphatic carbocycles. The maximum atomic E-state index is 12.6. The molecule has 1 N–H and O–H groups in total. The number of benzene rings is 1. The highest BCUT2D eigenvalue weighted by atomic mass is 35.5. The fraction of sp³-hybridized carbons (Fsp3) is 0.348. The number of hydrogen-bond donors (Lipinski definition) is 1. The lowest BCUT2D eigenvalue weighted by Gasteiger charge is -2.41. The zero-order valence-electron chi connectivity index (χ0n) is 18.7. The molecule has 1 unspecified atom stereocenters. The van der Waals surface area contributed by atoms with Crippen LogP contribution in [0.2, 0.25) is 5.02 Å². The van der Waals surface area contributed by atoms with Crippen LogP contribution in [0.15, 0.2) is 40.8 Å². The van der Waals surface area contributed by atoms with Gasteiger partial charge in [0.05, 0.1) is 29.6 Å². The molecule has 9 nitrogen and oxygen atoms in total. The van der Waals surface area contributed by atoms with Crippen LogP contribution in [-0.4, -0.2) is 61.2 Å². The third-order valence-electron chi connectivity index (χ3n) is 5.46. The van der Waals surface area contributed by atoms with Gasteiger partial charge in [0.15, 0.2) is 11.6 Å². The van der Waals surface area contributed by atoms with Crippen molar-refractivity contribution in [3.8, 4) is 17.0 Å². The van der Waals surface area contributed by atoms with Crippen LogP contribution in [0.25, 0.3) is 11.3 Å². The number of pyridine rings is 1. The molecule has 1 atom stereocenters. The molecule has 0 amide bonds. The van der Waals surface area contributed by atoms with E-state index < -0.39 is 17.6 Å². The summed E-state index contributed by atoms with van der Waals surface area (Å²) >= 11 is 8.00. The largest absolute Gasteiger partial charge is 0.492 e. The molecule has 11 heteroatoms. The minimum Gasteiger partial charge on any atom is -0.492 e. The van der Waals surface area contributed by atoms with Crippen LogP contribution in [0, 0.1) is 0 Å². The van der Waals surface area contributed by atoms with E-state index in [4.69, 9.17) is 25.8 Å². The highest BCUT2D eigenvalue weighted by molar-refractivity contribution is 7.09. The number of carbonyl (C=O) groups is 1. The zero-order chi connectivity index (χ0) is 24.2. The van der Waals surface area contributed by atoms with Crippen LogP contribution in [-0.2, 0) is 9.47 Å². The van der Waals surface area contributed by atoms with Crippen molar-refractivity contribution in [3.63, 3.8) is 0 Å². The first-order valence-corrected chi connectivity index (χ1v) is 11.8. The molecule has 0 saturated carbocycles. The summed E-state index contributed by atoms with van der Waals surface area (Å²) in [5.41, 5.74) is 1.12. The van der Waals surface area contributed by atoms with Gasteiger partial charge in [-0.05, 0) is 6.07 Å². The highest BCUT2D eigenvalue weighted by Gasteiger charge is 2.35. The Bertz CT molecular complexity index is 1230. The van der Waals surface area contributed by atoms with Crippen molar-refractivity contribution in [2.24, 2.45) is 0 Å². The molecular formula is C23H24ClN3O6S. The minimum atomic E-state index is -1.29. The highest BCUT2D eigenvalue weighted by Crippen LogP contribution is 2.46. The third kappa shape index (κ3) is 4.67. The molecule has 0 radical (unpaired) electrons. The van der Waals surface area contributed by atoms with Gasteiger partial charge in [-0.3, -0.25) is 4.79 Å². The van der Waals surface area contributed by atoms with E-state index >= 15 is 0 Å². The van der Waals surface area contributed by atoms with Gasteiger partial charge in [0.25, 0.3) is 0 Å². The first-order chi connectivity index (χ1) is 16.5. The second-order valence-electron chi connectivity index (χ2n) is 7.57. The number of aromatic carboxylic acids is 1. The van der Waals surface area contributed by atoms with Crippen molar-refractivity contribution in [1.82, 2.24) is 9.55 Å². The number of aromatic nitrogens is 2. The number of rotatable bonds is 10. The molecule has 0 bridgehead atoms. The lowest BCUT2D eigenvalue weighted by Crippen LogP contribution is -2.40. The fourth-order valence-electron chi connectivity index (χ4n) is 3.94. The summed E-state index contributed by atoms with van der Waals surface area (Å²) in [6, 6.07) is 4.93. The molecule has 34 heavy (non-hydrogen) atoms. The van der Waals surface area contributed by atoms with Crippen LogP contribution in [0.4, 0.5) is 5.69 Å². The Hall–Kier alpha value is -2.92. The lowest BCUT2D eigenvalue weighted by molar-refractivity contribution is 0.0694. The molecule has 1 aliphatic heterocycles. The quantitative estimate of drug-likeness (QED) is 0.415. The molecule has 2 aromatic heterocycles. The summed E-state index contributed by atoms with van der Waals surface area (Å²) in [7, 11) is 3.25. The van der Waals surface area contributed by atoms with Gasteiger partial charge in [0.1, 0.15) is 16.3 Å². The second kappa shape index (κ2) is 10.6. The summed E-state index contributed by atoms with van der Waals surface area (Å²) in [6.07, 6.45) is 3.28. The number of thiazole rings is 1. The van der Waals surface area contributed by atoms with Crippen molar-refractivity contribution in [1.29, 1.82) is 0 Å². The number of anilines is 1. The van der Waals surface area contributed by atoms with E-state index in [0.717, 1.165) is 10.7 Å². The Morgan fingerprint density at radius 2 is 2.00 bits per heavy atom. The fourth-order valence-corrected chi connectivity index (χ4v) is 4.90. The molecule has 0 spiro atoms. The standard InChI is InChI=1S/C23H24ClN3O6S/c1-31-6-3-7-33-20-12-18-14(10-16(20)24)17-11-19(28)15(23(29)30)13-27(17)22(21-25-4-9-34-21)26(18)5-8-32-2/h4,9-13,22H,3,5-8H2,1-2H3,(H,29,30). The van der Waals surface area contributed by atoms with Crippen LogP contribution >= 0.6 is 22.9 Å². The SMILES string of the molecule is COCCCOc1cc2c(cc1Cl)-c1cc(=O)c(C(=O)O)cn1C(c1nccs1)N2CCOC. The van der Waals surface area contributed by atoms with Crippen LogP contribution < -0.4 is 15.1 Å². The number of carboxylic acids is 1. The van der Waals surface area contributed by atoms with Crippen LogP contribution in [0.3, 0.4) is 0 Å². The molecule has 0 fully saturated rings. The Labute approximate surface area is 205 Å². The summed E-state index contributed by atoms with van der Waals surface area (Å²) in [5, 5.41) is 12.6. The molecule has 0 saturated heterocycles. The summed E-state index contributed by atoms with van der Waals surface area (Å²) < 4.78 is 18.1. The predicted molar refractivity (Wildman–Crippen MR) is 130 cm³/mol. The van der Waals surface area contributed by atoms with Crippen molar-refractivity contribution < 1.29 is 24.1 Å². The lowest BCUT2D eigenvalue weighted by atomic mass is 10.0. The Balaban J connectivity index is 1.91. The van der Waals surface area contributed by atoms with Gasteiger partial charge in [-0.15, -0.1) is 11.3 Å². The molecule has 4 rings (SSSR count). The second-order valence-corrected chi connectivity index (χ2v) is 8.91. The molecule has 180 valence electrons. The molecular weight excluding hydrogens is 482 g/mol. The van der Waals surface area contributed by atoms with E-state index in [2.05, 4.69) is 9.88 Å². The molecule has 3 heterocycles. The van der Waals surface area contributed by atoms with Crippen LogP contribution in [0.1, 0.15) is 28.0 Å². The number of ether oxygens (including phenoxy) is 3. The van der Waals surface area contributed by atoms with Crippen molar-refractivity contribution in [2.45, 2.75) is 12.6 Å². The maximum absolute atomic E-state index is 12.6. The third-order valence-corrected chi connectivity index (χ3v) is 6.57. The van der Waals surface area contributed by atoms with Gasteiger partial charge in [0.2, 0.25) is 0 Å². The average molecular weight is 506 g/mol. The van der Waals surface area contributed by atoms with Gasteiger partial charge in [0, 0.05) is 69.3 Å².